The number of hydrogen-bond donors (Lipinski definition) is 1. The molecule has 0 aromatic carbocycles. The van der Waals surface area contributed by atoms with E-state index in [9.17, 15) is 4.79 Å². The molecule has 1 fully saturated rings. The monoisotopic (exact) mass is 256 g/mol. The van der Waals surface area contributed by atoms with Gasteiger partial charge in [-0.3, -0.25) is 9.69 Å². The minimum atomic E-state index is -0.313. The molecule has 1 saturated heterocycles. The second-order valence-corrected chi connectivity index (χ2v) is 6.42. The molecule has 1 N–H and O–H groups in total. The fraction of sp³-hybridized carbons (Fsp3) is 0.929. The van der Waals surface area contributed by atoms with Crippen LogP contribution in [0.25, 0.3) is 0 Å². The second-order valence-electron chi connectivity index (χ2n) is 6.42. The summed E-state index contributed by atoms with van der Waals surface area (Å²) >= 11 is 0. The molecule has 1 rings (SSSR count). The maximum Gasteiger partial charge on any atom is 0.225 e. The van der Waals surface area contributed by atoms with Gasteiger partial charge in [0, 0.05) is 31.1 Å². The van der Waals surface area contributed by atoms with Gasteiger partial charge in [0.15, 0.2) is 0 Å². The summed E-state index contributed by atoms with van der Waals surface area (Å²) in [5, 5.41) is 3.08. The Morgan fingerprint density at radius 2 is 1.83 bits per heavy atom. The van der Waals surface area contributed by atoms with E-state index in [-0.39, 0.29) is 11.3 Å². The van der Waals surface area contributed by atoms with Crippen LogP contribution in [0.3, 0.4) is 0 Å². The highest BCUT2D eigenvalue weighted by atomic mass is 16.5. The van der Waals surface area contributed by atoms with Crippen molar-refractivity contribution < 1.29 is 9.53 Å². The van der Waals surface area contributed by atoms with E-state index >= 15 is 0 Å². The van der Waals surface area contributed by atoms with Crippen molar-refractivity contribution in [3.8, 4) is 0 Å². The van der Waals surface area contributed by atoms with Crippen molar-refractivity contribution in [3.63, 3.8) is 0 Å². The lowest BCUT2D eigenvalue weighted by atomic mass is 9.95. The van der Waals surface area contributed by atoms with Crippen molar-refractivity contribution in [2.45, 2.75) is 40.7 Å². The van der Waals surface area contributed by atoms with Gasteiger partial charge in [0.1, 0.15) is 0 Å². The van der Waals surface area contributed by atoms with Crippen LogP contribution in [0.2, 0.25) is 0 Å². The van der Waals surface area contributed by atoms with Crippen LogP contribution >= 0.6 is 0 Å². The van der Waals surface area contributed by atoms with Gasteiger partial charge in [-0.05, 0) is 5.92 Å². The summed E-state index contributed by atoms with van der Waals surface area (Å²) < 4.78 is 5.38. The first-order valence-electron chi connectivity index (χ1n) is 6.92. The van der Waals surface area contributed by atoms with Crippen LogP contribution in [0.5, 0.6) is 0 Å². The third kappa shape index (κ3) is 4.58. The Bertz CT molecular complexity index is 265. The van der Waals surface area contributed by atoms with Crippen molar-refractivity contribution in [2.24, 2.45) is 11.3 Å². The number of morpholine rings is 1. The Kier molecular flexibility index (Phi) is 5.60. The fourth-order valence-electron chi connectivity index (χ4n) is 2.16. The molecule has 0 spiro atoms. The molecule has 1 aliphatic rings. The fourth-order valence-corrected chi connectivity index (χ4v) is 2.16. The van der Waals surface area contributed by atoms with Crippen molar-refractivity contribution >= 4 is 5.91 Å². The van der Waals surface area contributed by atoms with E-state index in [1.54, 1.807) is 0 Å². The maximum atomic E-state index is 11.9. The highest BCUT2D eigenvalue weighted by molar-refractivity contribution is 5.81. The molecule has 4 heteroatoms. The van der Waals surface area contributed by atoms with Crippen LogP contribution < -0.4 is 5.32 Å². The van der Waals surface area contributed by atoms with E-state index in [1.165, 1.54) is 0 Å². The topological polar surface area (TPSA) is 41.6 Å². The molecular weight excluding hydrogens is 228 g/mol. The molecule has 4 nitrogen and oxygen atoms in total. The zero-order valence-electron chi connectivity index (χ0n) is 12.5. The number of nitrogens with one attached hydrogen (secondary N) is 1. The summed E-state index contributed by atoms with van der Waals surface area (Å²) in [6.45, 7) is 14.5. The Balaban J connectivity index is 2.50. The van der Waals surface area contributed by atoms with Crippen molar-refractivity contribution in [1.29, 1.82) is 0 Å². The van der Waals surface area contributed by atoms with Gasteiger partial charge >= 0.3 is 0 Å². The molecule has 0 radical (unpaired) electrons. The maximum absolute atomic E-state index is 11.9. The van der Waals surface area contributed by atoms with E-state index in [0.29, 0.717) is 12.0 Å². The van der Waals surface area contributed by atoms with Gasteiger partial charge in [-0.15, -0.1) is 0 Å². The summed E-state index contributed by atoms with van der Waals surface area (Å²) in [5.74, 6) is 0.657. The van der Waals surface area contributed by atoms with E-state index in [4.69, 9.17) is 4.74 Å². The number of amides is 1. The summed E-state index contributed by atoms with van der Waals surface area (Å²) in [6.07, 6.45) is 0. The van der Waals surface area contributed by atoms with Gasteiger partial charge in [0.2, 0.25) is 5.91 Å². The van der Waals surface area contributed by atoms with Crippen LogP contribution in [0.1, 0.15) is 34.6 Å². The van der Waals surface area contributed by atoms with E-state index in [1.807, 2.05) is 20.8 Å². The number of carbonyl (C=O) groups is 1. The normalized spacial score (nSPS) is 19.9. The summed E-state index contributed by atoms with van der Waals surface area (Å²) in [6, 6.07) is 0.403. The first-order valence-corrected chi connectivity index (χ1v) is 6.92. The number of carbonyl (C=O) groups excluding carboxylic acids is 1. The third-order valence-corrected chi connectivity index (χ3v) is 3.44. The second kappa shape index (κ2) is 6.53. The smallest absolute Gasteiger partial charge is 0.225 e. The van der Waals surface area contributed by atoms with E-state index in [2.05, 4.69) is 24.1 Å². The van der Waals surface area contributed by atoms with Gasteiger partial charge < -0.3 is 10.1 Å². The molecule has 0 aliphatic carbocycles. The summed E-state index contributed by atoms with van der Waals surface area (Å²) in [7, 11) is 0. The lowest BCUT2D eigenvalue weighted by Crippen LogP contribution is -2.52. The van der Waals surface area contributed by atoms with E-state index < -0.39 is 0 Å². The van der Waals surface area contributed by atoms with Crippen LogP contribution in [0.15, 0.2) is 0 Å². The van der Waals surface area contributed by atoms with Crippen LogP contribution in [0.4, 0.5) is 0 Å². The molecule has 1 unspecified atom stereocenters. The Labute approximate surface area is 111 Å². The van der Waals surface area contributed by atoms with Gasteiger partial charge in [-0.1, -0.05) is 34.6 Å². The van der Waals surface area contributed by atoms with Crippen molar-refractivity contribution in [1.82, 2.24) is 10.2 Å². The minimum absolute atomic E-state index is 0.126. The minimum Gasteiger partial charge on any atom is -0.379 e. The predicted molar refractivity (Wildman–Crippen MR) is 73.5 cm³/mol. The lowest BCUT2D eigenvalue weighted by Gasteiger charge is -2.37. The highest BCUT2D eigenvalue weighted by Gasteiger charge is 2.26. The summed E-state index contributed by atoms with van der Waals surface area (Å²) in [5.41, 5.74) is -0.313. The number of nitrogens with zero attached hydrogens (tertiary/aromatic N) is 1. The Morgan fingerprint density at radius 3 is 2.28 bits per heavy atom. The molecular formula is C14H28N2O2. The first kappa shape index (κ1) is 15.4. The number of hydrogen-bond acceptors (Lipinski definition) is 3. The van der Waals surface area contributed by atoms with Gasteiger partial charge in [-0.2, -0.15) is 0 Å². The number of ether oxygens (including phenoxy) is 1. The molecule has 1 atom stereocenters. The molecule has 0 aromatic heterocycles. The number of rotatable bonds is 4. The SMILES string of the molecule is CC(C)C(CNC(=O)C(C)(C)C)N1CCOCC1. The zero-order valence-corrected chi connectivity index (χ0v) is 12.5. The Hall–Kier alpha value is -0.610. The average Bonchev–Trinajstić information content (AvgIpc) is 2.28. The molecule has 1 aliphatic heterocycles. The molecule has 1 amide bonds. The van der Waals surface area contributed by atoms with Crippen LogP contribution in [-0.4, -0.2) is 49.7 Å². The predicted octanol–water partition coefficient (Wildman–Crippen LogP) is 1.51. The van der Waals surface area contributed by atoms with Gasteiger partial charge in [0.25, 0.3) is 0 Å². The zero-order chi connectivity index (χ0) is 13.8. The summed E-state index contributed by atoms with van der Waals surface area (Å²) in [4.78, 5) is 14.3. The van der Waals surface area contributed by atoms with Crippen molar-refractivity contribution in [3.05, 3.63) is 0 Å². The lowest BCUT2D eigenvalue weighted by molar-refractivity contribution is -0.128. The van der Waals surface area contributed by atoms with Crippen molar-refractivity contribution in [2.75, 3.05) is 32.8 Å². The molecule has 1 heterocycles. The van der Waals surface area contributed by atoms with E-state index in [0.717, 1.165) is 32.8 Å². The standard InChI is InChI=1S/C14H28N2O2/c1-11(2)12(16-6-8-18-9-7-16)10-15-13(17)14(3,4)5/h11-12H,6-10H2,1-5H3,(H,15,17). The quantitative estimate of drug-likeness (QED) is 0.829. The third-order valence-electron chi connectivity index (χ3n) is 3.44. The molecule has 0 bridgehead atoms. The molecule has 18 heavy (non-hydrogen) atoms. The van der Waals surface area contributed by atoms with Gasteiger partial charge in [-0.25, -0.2) is 0 Å². The highest BCUT2D eigenvalue weighted by Crippen LogP contribution is 2.15. The van der Waals surface area contributed by atoms with Gasteiger partial charge in [0.05, 0.1) is 13.2 Å². The largest absolute Gasteiger partial charge is 0.379 e. The average molecular weight is 256 g/mol. The van der Waals surface area contributed by atoms with Crippen LogP contribution in [-0.2, 0) is 9.53 Å². The molecule has 0 aromatic rings. The molecule has 0 saturated carbocycles. The molecule has 106 valence electrons. The Morgan fingerprint density at radius 1 is 1.28 bits per heavy atom. The van der Waals surface area contributed by atoms with Crippen LogP contribution in [0, 0.1) is 11.3 Å². The first-order chi connectivity index (χ1) is 8.32.